The molecule has 3 rings (SSSR count). The van der Waals surface area contributed by atoms with Gasteiger partial charge in [0.1, 0.15) is 0 Å². The number of benzene rings is 1. The number of aromatic amines is 2. The Morgan fingerprint density at radius 1 is 1.32 bits per heavy atom. The molecule has 0 bridgehead atoms. The maximum atomic E-state index is 12.4. The summed E-state index contributed by atoms with van der Waals surface area (Å²) in [6.07, 6.45) is 0.104. The zero-order valence-electron chi connectivity index (χ0n) is 14.1. The molecule has 1 aliphatic rings. The van der Waals surface area contributed by atoms with Gasteiger partial charge in [-0.1, -0.05) is 6.07 Å². The second kappa shape index (κ2) is 5.96. The zero-order valence-corrected chi connectivity index (χ0v) is 14.1. The highest BCUT2D eigenvalue weighted by Crippen LogP contribution is 2.45. The van der Waals surface area contributed by atoms with Crippen molar-refractivity contribution in [1.29, 1.82) is 0 Å². The Morgan fingerprint density at radius 2 is 2.04 bits per heavy atom. The standard InChI is InChI=1S/C17H20N2O6/c1-17(23)7-9-13(15(21)19-18-9)12(14(17)16(22)25-3)8-4-5-10(20)11(6-8)24-2/h4-6,12,14,20,23H,7H2,1-3H3,(H2,18,19,21)/t12-,14-,17+/m0/s1. The summed E-state index contributed by atoms with van der Waals surface area (Å²) >= 11 is 0. The number of carbonyl (C=O) groups excluding carboxylic acids is 1. The van der Waals surface area contributed by atoms with Crippen molar-refractivity contribution in [3.63, 3.8) is 0 Å². The fourth-order valence-electron chi connectivity index (χ4n) is 3.63. The van der Waals surface area contributed by atoms with Crippen LogP contribution in [0.5, 0.6) is 11.5 Å². The van der Waals surface area contributed by atoms with Crippen molar-refractivity contribution in [3.05, 3.63) is 45.4 Å². The molecule has 1 aromatic heterocycles. The lowest BCUT2D eigenvalue weighted by Crippen LogP contribution is -2.49. The van der Waals surface area contributed by atoms with Crippen LogP contribution in [0.25, 0.3) is 0 Å². The van der Waals surface area contributed by atoms with Crippen LogP contribution >= 0.6 is 0 Å². The number of hydrogen-bond acceptors (Lipinski definition) is 6. The maximum absolute atomic E-state index is 12.4. The van der Waals surface area contributed by atoms with E-state index in [1.165, 1.54) is 27.2 Å². The van der Waals surface area contributed by atoms with Gasteiger partial charge in [0.15, 0.2) is 11.5 Å². The number of aliphatic hydroxyl groups is 1. The molecule has 0 amide bonds. The second-order valence-corrected chi connectivity index (χ2v) is 6.42. The van der Waals surface area contributed by atoms with Gasteiger partial charge in [0.2, 0.25) is 0 Å². The Hall–Kier alpha value is -2.74. The van der Waals surface area contributed by atoms with Gasteiger partial charge >= 0.3 is 5.97 Å². The van der Waals surface area contributed by atoms with Crippen LogP contribution in [0.1, 0.15) is 29.7 Å². The monoisotopic (exact) mass is 348 g/mol. The molecule has 0 aliphatic heterocycles. The molecular weight excluding hydrogens is 328 g/mol. The summed E-state index contributed by atoms with van der Waals surface area (Å²) in [4.78, 5) is 24.8. The van der Waals surface area contributed by atoms with E-state index in [4.69, 9.17) is 9.47 Å². The van der Waals surface area contributed by atoms with E-state index in [1.54, 1.807) is 12.1 Å². The molecule has 0 radical (unpaired) electrons. The van der Waals surface area contributed by atoms with Gasteiger partial charge in [-0.2, -0.15) is 0 Å². The number of hydrogen-bond donors (Lipinski definition) is 4. The third-order valence-corrected chi connectivity index (χ3v) is 4.76. The molecule has 2 aromatic rings. The summed E-state index contributed by atoms with van der Waals surface area (Å²) in [6.45, 7) is 1.54. The molecule has 4 N–H and O–H groups in total. The lowest BCUT2D eigenvalue weighted by molar-refractivity contribution is -0.156. The summed E-state index contributed by atoms with van der Waals surface area (Å²) < 4.78 is 10.0. The fraction of sp³-hybridized carbons (Fsp3) is 0.412. The average molecular weight is 348 g/mol. The van der Waals surface area contributed by atoms with Crippen LogP contribution in [-0.2, 0) is 16.0 Å². The Balaban J connectivity index is 2.26. The number of H-pyrrole nitrogens is 2. The quantitative estimate of drug-likeness (QED) is 0.604. The summed E-state index contributed by atoms with van der Waals surface area (Å²) in [7, 11) is 2.64. The predicted molar refractivity (Wildman–Crippen MR) is 87.7 cm³/mol. The molecule has 0 spiro atoms. The van der Waals surface area contributed by atoms with E-state index in [1.807, 2.05) is 0 Å². The normalized spacial score (nSPS) is 25.3. The van der Waals surface area contributed by atoms with Crippen molar-refractivity contribution in [2.45, 2.75) is 24.9 Å². The third-order valence-electron chi connectivity index (χ3n) is 4.76. The van der Waals surface area contributed by atoms with Crippen LogP contribution in [0.15, 0.2) is 23.0 Å². The highest BCUT2D eigenvalue weighted by molar-refractivity contribution is 5.77. The molecule has 1 aliphatic carbocycles. The van der Waals surface area contributed by atoms with Crippen molar-refractivity contribution in [2.24, 2.45) is 5.92 Å². The number of rotatable bonds is 3. The minimum Gasteiger partial charge on any atom is -0.504 e. The van der Waals surface area contributed by atoms with Gasteiger partial charge in [-0.25, -0.2) is 0 Å². The molecule has 1 heterocycles. The Bertz CT molecular complexity index is 866. The molecular formula is C17H20N2O6. The smallest absolute Gasteiger partial charge is 0.312 e. The van der Waals surface area contributed by atoms with Gasteiger partial charge in [-0.05, 0) is 24.6 Å². The number of fused-ring (bicyclic) bond motifs is 1. The second-order valence-electron chi connectivity index (χ2n) is 6.42. The predicted octanol–water partition coefficient (Wildman–Crippen LogP) is 0.645. The third kappa shape index (κ3) is 2.68. The average Bonchev–Trinajstić information content (AvgIpc) is 2.92. The SMILES string of the molecule is COC(=O)[C@@H]1[C@@H](c2ccc(O)c(OC)c2)c2c([nH][nH]c2=O)C[C@@]1(C)O. The Kier molecular flexibility index (Phi) is 4.08. The molecule has 25 heavy (non-hydrogen) atoms. The number of aromatic nitrogens is 2. The van der Waals surface area contributed by atoms with E-state index in [-0.39, 0.29) is 23.5 Å². The molecule has 134 valence electrons. The Morgan fingerprint density at radius 3 is 2.68 bits per heavy atom. The number of esters is 1. The topological polar surface area (TPSA) is 125 Å². The number of carbonyl (C=O) groups is 1. The minimum absolute atomic E-state index is 0.0633. The lowest BCUT2D eigenvalue weighted by atomic mass is 9.66. The first-order valence-corrected chi connectivity index (χ1v) is 7.76. The van der Waals surface area contributed by atoms with Crippen LogP contribution in [0.2, 0.25) is 0 Å². The maximum Gasteiger partial charge on any atom is 0.312 e. The highest BCUT2D eigenvalue weighted by Gasteiger charge is 2.51. The van der Waals surface area contributed by atoms with E-state index in [9.17, 15) is 19.8 Å². The molecule has 8 nitrogen and oxygen atoms in total. The summed E-state index contributed by atoms with van der Waals surface area (Å²) in [5.74, 6) is -2.22. The number of methoxy groups -OCH3 is 2. The van der Waals surface area contributed by atoms with Crippen LogP contribution in [-0.4, -0.2) is 46.2 Å². The molecule has 0 saturated carbocycles. The first-order chi connectivity index (χ1) is 11.8. The lowest BCUT2D eigenvalue weighted by Gasteiger charge is -2.40. The largest absolute Gasteiger partial charge is 0.504 e. The zero-order chi connectivity index (χ0) is 18.4. The molecule has 0 unspecified atom stereocenters. The number of aromatic hydroxyl groups is 1. The number of phenolic OH excluding ortho intramolecular Hbond substituents is 1. The summed E-state index contributed by atoms with van der Waals surface area (Å²) in [5, 5.41) is 26.0. The van der Waals surface area contributed by atoms with Crippen LogP contribution in [0.4, 0.5) is 0 Å². The van der Waals surface area contributed by atoms with Crippen molar-refractivity contribution < 1.29 is 24.5 Å². The first-order valence-electron chi connectivity index (χ1n) is 7.76. The van der Waals surface area contributed by atoms with Gasteiger partial charge in [-0.15, -0.1) is 0 Å². The molecule has 8 heteroatoms. The minimum atomic E-state index is -1.43. The number of ether oxygens (including phenoxy) is 2. The summed E-state index contributed by atoms with van der Waals surface area (Å²) in [6, 6.07) is 4.57. The van der Waals surface area contributed by atoms with Crippen molar-refractivity contribution in [3.8, 4) is 11.5 Å². The Labute approximate surface area is 143 Å². The van der Waals surface area contributed by atoms with E-state index >= 15 is 0 Å². The van der Waals surface area contributed by atoms with Crippen LogP contribution in [0.3, 0.4) is 0 Å². The molecule has 0 saturated heterocycles. The van der Waals surface area contributed by atoms with Gasteiger partial charge in [0.05, 0.1) is 25.7 Å². The molecule has 0 fully saturated rings. The van der Waals surface area contributed by atoms with Crippen molar-refractivity contribution in [1.82, 2.24) is 10.2 Å². The van der Waals surface area contributed by atoms with Crippen molar-refractivity contribution in [2.75, 3.05) is 14.2 Å². The van der Waals surface area contributed by atoms with Crippen LogP contribution < -0.4 is 10.3 Å². The van der Waals surface area contributed by atoms with Crippen molar-refractivity contribution >= 4 is 5.97 Å². The summed E-state index contributed by atoms with van der Waals surface area (Å²) in [5.41, 5.74) is -0.337. The fourth-order valence-corrected chi connectivity index (χ4v) is 3.63. The van der Waals surface area contributed by atoms with E-state index in [0.29, 0.717) is 16.8 Å². The van der Waals surface area contributed by atoms with E-state index < -0.39 is 23.4 Å². The number of phenols is 1. The van der Waals surface area contributed by atoms with Gasteiger partial charge < -0.3 is 24.8 Å². The first kappa shape index (κ1) is 17.1. The highest BCUT2D eigenvalue weighted by atomic mass is 16.5. The molecule has 3 atom stereocenters. The van der Waals surface area contributed by atoms with Gasteiger partial charge in [0, 0.05) is 23.6 Å². The van der Waals surface area contributed by atoms with Crippen LogP contribution in [0, 0.1) is 5.92 Å². The van der Waals surface area contributed by atoms with Gasteiger partial charge in [0.25, 0.3) is 5.56 Å². The number of nitrogens with one attached hydrogen (secondary N) is 2. The van der Waals surface area contributed by atoms with E-state index in [0.717, 1.165) is 0 Å². The molecule has 1 aromatic carbocycles. The van der Waals surface area contributed by atoms with E-state index in [2.05, 4.69) is 10.2 Å². The van der Waals surface area contributed by atoms with Gasteiger partial charge in [-0.3, -0.25) is 14.7 Å².